The standard InChI is InChI=1S/C43H31N3O/c1-2-6-38(28-45)34-13-15-35(16-14-34)39-25-40(36-21-17-33(18-22-36)31-11-9-29(27-44)10-12-31)42-41(26-39)47-43(46-42)37-23-19-32(20-24-37)30-7-4-3-5-8-30/h2-26,28H,45H2,1H3/b6-2-,38-28+. The third-order valence-corrected chi connectivity index (χ3v) is 8.35. The van der Waals surface area contributed by atoms with Crippen molar-refractivity contribution in [2.24, 2.45) is 5.73 Å². The third kappa shape index (κ3) is 5.99. The summed E-state index contributed by atoms with van der Waals surface area (Å²) in [4.78, 5) is 5.04. The summed E-state index contributed by atoms with van der Waals surface area (Å²) in [5.41, 5.74) is 19.5. The maximum Gasteiger partial charge on any atom is 0.227 e. The number of nitrogens with zero attached hydrogens (tertiary/aromatic N) is 2. The van der Waals surface area contributed by atoms with Gasteiger partial charge in [-0.25, -0.2) is 4.98 Å². The number of hydrogen-bond acceptors (Lipinski definition) is 4. The Kier molecular flexibility index (Phi) is 8.03. The Morgan fingerprint density at radius 1 is 0.638 bits per heavy atom. The Bertz CT molecular complexity index is 2270. The monoisotopic (exact) mass is 605 g/mol. The van der Waals surface area contributed by atoms with Crippen LogP contribution in [0.15, 0.2) is 162 Å². The van der Waals surface area contributed by atoms with Crippen LogP contribution < -0.4 is 5.73 Å². The molecule has 7 rings (SSSR count). The van der Waals surface area contributed by atoms with Crippen molar-refractivity contribution in [1.82, 2.24) is 4.98 Å². The Morgan fingerprint density at radius 3 is 1.77 bits per heavy atom. The summed E-state index contributed by atoms with van der Waals surface area (Å²) >= 11 is 0. The van der Waals surface area contributed by atoms with Crippen LogP contribution in [-0.2, 0) is 0 Å². The molecular formula is C43H31N3O. The van der Waals surface area contributed by atoms with E-state index in [0.29, 0.717) is 11.5 Å². The zero-order valence-electron chi connectivity index (χ0n) is 25.9. The average Bonchev–Trinajstić information content (AvgIpc) is 3.59. The fourth-order valence-electron chi connectivity index (χ4n) is 5.84. The van der Waals surface area contributed by atoms with Gasteiger partial charge >= 0.3 is 0 Å². The quantitative estimate of drug-likeness (QED) is 0.183. The van der Waals surface area contributed by atoms with Gasteiger partial charge in [-0.3, -0.25) is 0 Å². The van der Waals surface area contributed by atoms with Gasteiger partial charge in [0.25, 0.3) is 0 Å². The van der Waals surface area contributed by atoms with Crippen molar-refractivity contribution >= 4 is 16.7 Å². The Hall–Kier alpha value is -6.44. The molecule has 0 atom stereocenters. The molecule has 1 aromatic heterocycles. The summed E-state index contributed by atoms with van der Waals surface area (Å²) in [5.74, 6) is 0.576. The molecule has 0 aliphatic rings. The maximum absolute atomic E-state index is 9.18. The zero-order valence-corrected chi connectivity index (χ0v) is 25.9. The highest BCUT2D eigenvalue weighted by atomic mass is 16.3. The number of nitrogens with two attached hydrogens (primary N) is 1. The summed E-state index contributed by atoms with van der Waals surface area (Å²) < 4.78 is 6.48. The molecule has 2 N–H and O–H groups in total. The van der Waals surface area contributed by atoms with E-state index in [1.807, 2.05) is 61.5 Å². The molecule has 0 saturated carbocycles. The highest BCUT2D eigenvalue weighted by Gasteiger charge is 2.16. The number of nitriles is 1. The molecule has 0 aliphatic heterocycles. The summed E-state index contributed by atoms with van der Waals surface area (Å²) in [5, 5.41) is 9.18. The van der Waals surface area contributed by atoms with Crippen LogP contribution in [0.5, 0.6) is 0 Å². The smallest absolute Gasteiger partial charge is 0.227 e. The molecule has 0 radical (unpaired) electrons. The van der Waals surface area contributed by atoms with E-state index in [1.165, 1.54) is 5.56 Å². The molecule has 7 aromatic rings. The van der Waals surface area contributed by atoms with Gasteiger partial charge in [0.2, 0.25) is 5.89 Å². The molecule has 224 valence electrons. The van der Waals surface area contributed by atoms with Crippen LogP contribution in [0.25, 0.3) is 72.6 Å². The molecule has 0 fully saturated rings. The summed E-state index contributed by atoms with van der Waals surface area (Å²) in [7, 11) is 0. The van der Waals surface area contributed by atoms with Gasteiger partial charge in [0.15, 0.2) is 5.58 Å². The minimum Gasteiger partial charge on any atom is -0.436 e. The lowest BCUT2D eigenvalue weighted by atomic mass is 9.95. The van der Waals surface area contributed by atoms with Crippen molar-refractivity contribution in [2.45, 2.75) is 6.92 Å². The molecule has 0 bridgehead atoms. The molecule has 0 unspecified atom stereocenters. The summed E-state index contributed by atoms with van der Waals surface area (Å²) in [6.07, 6.45) is 5.61. The number of oxazole rings is 1. The number of fused-ring (bicyclic) bond motifs is 1. The largest absolute Gasteiger partial charge is 0.436 e. The number of hydrogen-bond donors (Lipinski definition) is 1. The summed E-state index contributed by atoms with van der Waals surface area (Å²) in [6.45, 7) is 1.98. The Balaban J connectivity index is 1.31. The molecule has 6 aromatic carbocycles. The first-order chi connectivity index (χ1) is 23.1. The van der Waals surface area contributed by atoms with Crippen LogP contribution in [-0.4, -0.2) is 4.98 Å². The zero-order chi connectivity index (χ0) is 32.2. The van der Waals surface area contributed by atoms with Gasteiger partial charge in [0.1, 0.15) is 5.52 Å². The van der Waals surface area contributed by atoms with Gasteiger partial charge in [0, 0.05) is 17.3 Å². The highest BCUT2D eigenvalue weighted by Crippen LogP contribution is 2.38. The van der Waals surface area contributed by atoms with Crippen molar-refractivity contribution in [1.29, 1.82) is 5.26 Å². The fraction of sp³-hybridized carbons (Fsp3) is 0.0233. The van der Waals surface area contributed by atoms with E-state index in [0.717, 1.165) is 66.7 Å². The minimum absolute atomic E-state index is 0.576. The Morgan fingerprint density at radius 2 is 1.17 bits per heavy atom. The van der Waals surface area contributed by atoms with Crippen molar-refractivity contribution in [3.05, 3.63) is 169 Å². The third-order valence-electron chi connectivity index (χ3n) is 8.35. The van der Waals surface area contributed by atoms with E-state index >= 15 is 0 Å². The molecule has 4 heteroatoms. The highest BCUT2D eigenvalue weighted by molar-refractivity contribution is 5.96. The van der Waals surface area contributed by atoms with Crippen LogP contribution >= 0.6 is 0 Å². The molecule has 4 nitrogen and oxygen atoms in total. The Labute approximate surface area is 274 Å². The van der Waals surface area contributed by atoms with Crippen LogP contribution in [0.4, 0.5) is 0 Å². The number of benzene rings is 6. The van der Waals surface area contributed by atoms with Gasteiger partial charge in [-0.2, -0.15) is 5.26 Å². The van der Waals surface area contributed by atoms with Crippen molar-refractivity contribution in [3.63, 3.8) is 0 Å². The lowest BCUT2D eigenvalue weighted by Crippen LogP contribution is -1.88. The second-order valence-electron chi connectivity index (χ2n) is 11.3. The molecule has 47 heavy (non-hydrogen) atoms. The van der Waals surface area contributed by atoms with E-state index in [4.69, 9.17) is 15.1 Å². The van der Waals surface area contributed by atoms with Crippen LogP contribution in [0.1, 0.15) is 18.1 Å². The molecule has 0 aliphatic carbocycles. The lowest BCUT2D eigenvalue weighted by molar-refractivity contribution is 0.620. The number of allylic oxidation sites excluding steroid dienone is 3. The maximum atomic E-state index is 9.18. The normalized spacial score (nSPS) is 11.6. The second-order valence-corrected chi connectivity index (χ2v) is 11.3. The number of aromatic nitrogens is 1. The second kappa shape index (κ2) is 12.9. The first kappa shape index (κ1) is 29.3. The van der Waals surface area contributed by atoms with Crippen LogP contribution in [0, 0.1) is 11.3 Å². The van der Waals surface area contributed by atoms with E-state index in [2.05, 4.69) is 103 Å². The van der Waals surface area contributed by atoms with Crippen LogP contribution in [0.2, 0.25) is 0 Å². The van der Waals surface area contributed by atoms with E-state index in [-0.39, 0.29) is 0 Å². The van der Waals surface area contributed by atoms with Gasteiger partial charge < -0.3 is 10.2 Å². The first-order valence-corrected chi connectivity index (χ1v) is 15.5. The molecule has 0 spiro atoms. The van der Waals surface area contributed by atoms with Crippen LogP contribution in [0.3, 0.4) is 0 Å². The SMILES string of the molecule is C/C=C\C(=C/N)c1ccc(-c2cc(-c3ccc(-c4ccc(C#N)cc4)cc3)c3nc(-c4ccc(-c5ccccc5)cc4)oc3c2)cc1. The van der Waals surface area contributed by atoms with Crippen molar-refractivity contribution in [3.8, 4) is 62.0 Å². The molecule has 0 amide bonds. The molecule has 0 saturated heterocycles. The molecule has 1 heterocycles. The topological polar surface area (TPSA) is 75.8 Å². The van der Waals surface area contributed by atoms with E-state index in [9.17, 15) is 5.26 Å². The van der Waals surface area contributed by atoms with Gasteiger partial charge in [-0.15, -0.1) is 0 Å². The lowest BCUT2D eigenvalue weighted by Gasteiger charge is -2.10. The van der Waals surface area contributed by atoms with Crippen molar-refractivity contribution < 1.29 is 4.42 Å². The predicted molar refractivity (Wildman–Crippen MR) is 193 cm³/mol. The number of rotatable bonds is 7. The first-order valence-electron chi connectivity index (χ1n) is 15.5. The fourth-order valence-corrected chi connectivity index (χ4v) is 5.84. The van der Waals surface area contributed by atoms with Gasteiger partial charge in [0.05, 0.1) is 11.6 Å². The minimum atomic E-state index is 0.576. The van der Waals surface area contributed by atoms with E-state index in [1.54, 1.807) is 6.20 Å². The van der Waals surface area contributed by atoms with Crippen molar-refractivity contribution in [2.75, 3.05) is 0 Å². The van der Waals surface area contributed by atoms with Gasteiger partial charge in [-0.05, 0) is 93.4 Å². The summed E-state index contributed by atoms with van der Waals surface area (Å²) in [6, 6.07) is 49.6. The predicted octanol–water partition coefficient (Wildman–Crippen LogP) is 10.9. The molecular weight excluding hydrogens is 574 g/mol. The van der Waals surface area contributed by atoms with E-state index < -0.39 is 0 Å². The van der Waals surface area contributed by atoms with Gasteiger partial charge in [-0.1, -0.05) is 115 Å². The average molecular weight is 606 g/mol.